The van der Waals surface area contributed by atoms with Crippen LogP contribution in [0, 0.1) is 0 Å². The molecule has 0 atom stereocenters. The Kier molecular flexibility index (Phi) is 16.3. The summed E-state index contributed by atoms with van der Waals surface area (Å²) in [4.78, 5) is 4.32. The summed E-state index contributed by atoms with van der Waals surface area (Å²) in [6.07, 6.45) is -48.0. The molecule has 0 aliphatic heterocycles. The van der Waals surface area contributed by atoms with Gasteiger partial charge in [-0.2, -0.15) is 132 Å². The minimum absolute atomic E-state index is 0.691. The highest BCUT2D eigenvalue weighted by Crippen LogP contribution is 2.41. The van der Waals surface area contributed by atoms with E-state index in [2.05, 4.69) is 88.5 Å². The molecule has 81 heavy (non-hydrogen) atoms. The minimum atomic E-state index is -6.13. The first-order valence-corrected chi connectivity index (χ1v) is 22.8. The van der Waals surface area contributed by atoms with Crippen LogP contribution in [0.4, 0.5) is 105 Å². The lowest BCUT2D eigenvalue weighted by Gasteiger charge is -2.46. The van der Waals surface area contributed by atoms with Gasteiger partial charge in [0.15, 0.2) is 12.7 Å². The molecule has 0 radical (unpaired) electrons. The van der Waals surface area contributed by atoms with Crippen LogP contribution in [-0.4, -0.2) is 11.1 Å². The molecule has 0 unspecified atom stereocenters. The van der Waals surface area contributed by atoms with E-state index in [-0.39, 0.29) is 0 Å². The van der Waals surface area contributed by atoms with Gasteiger partial charge in [-0.3, -0.25) is 4.98 Å². The number of fused-ring (bicyclic) bond motifs is 1. The molecular formula is C54H31BF24N2. The summed E-state index contributed by atoms with van der Waals surface area (Å²) in [5, 5.41) is 2.57. The van der Waals surface area contributed by atoms with Gasteiger partial charge in [0.25, 0.3) is 0 Å². The van der Waals surface area contributed by atoms with Crippen LogP contribution in [0.15, 0.2) is 164 Å². The lowest BCUT2D eigenvalue weighted by atomic mass is 9.12. The van der Waals surface area contributed by atoms with E-state index in [0.29, 0.717) is 0 Å². The Morgan fingerprint density at radius 3 is 0.951 bits per heavy atom. The second-order valence-electron chi connectivity index (χ2n) is 18.3. The first-order chi connectivity index (χ1) is 37.1. The normalized spacial score (nSPS) is 13.3. The molecule has 7 aromatic carbocycles. The summed E-state index contributed by atoms with van der Waals surface area (Å²) < 4.78 is 343. The topological polar surface area (TPSA) is 16.8 Å². The van der Waals surface area contributed by atoms with Crippen molar-refractivity contribution in [2.45, 2.75) is 62.4 Å². The second kappa shape index (κ2) is 21.6. The van der Waals surface area contributed by atoms with E-state index in [4.69, 9.17) is 0 Å². The van der Waals surface area contributed by atoms with E-state index in [1.165, 1.54) is 27.6 Å². The number of hydrogen-bond donors (Lipinski definition) is 0. The number of benzene rings is 7. The van der Waals surface area contributed by atoms with Crippen LogP contribution in [-0.2, 0) is 62.4 Å². The zero-order valence-electron chi connectivity index (χ0n) is 40.0. The Morgan fingerprint density at radius 1 is 0.321 bits per heavy atom. The maximum atomic E-state index is 14.2. The van der Waals surface area contributed by atoms with Crippen molar-refractivity contribution in [3.05, 3.63) is 226 Å². The van der Waals surface area contributed by atoms with Crippen molar-refractivity contribution in [3.63, 3.8) is 0 Å². The van der Waals surface area contributed by atoms with Crippen molar-refractivity contribution in [2.24, 2.45) is 0 Å². The fraction of sp³-hybridized carbons (Fsp3) is 0.185. The quantitative estimate of drug-likeness (QED) is 0.0842. The van der Waals surface area contributed by atoms with E-state index in [1.54, 1.807) is 0 Å². The van der Waals surface area contributed by atoms with Crippen LogP contribution in [0.25, 0.3) is 10.8 Å². The Hall–Kier alpha value is -7.74. The number of alkyl halides is 24. The zero-order valence-corrected chi connectivity index (χ0v) is 40.0. The maximum Gasteiger partial charge on any atom is 0.416 e. The van der Waals surface area contributed by atoms with E-state index in [1.807, 2.05) is 12.4 Å². The second-order valence-corrected chi connectivity index (χ2v) is 18.3. The molecule has 8 aromatic rings. The summed E-state index contributed by atoms with van der Waals surface area (Å²) in [6, 6.07) is 16.9. The number of aromatic nitrogens is 2. The number of hydrogen-bond acceptors (Lipinski definition) is 1. The van der Waals surface area contributed by atoms with Gasteiger partial charge in [-0.1, -0.05) is 121 Å². The lowest BCUT2D eigenvalue weighted by Crippen LogP contribution is -2.75. The molecule has 0 aliphatic rings. The van der Waals surface area contributed by atoms with Gasteiger partial charge in [0.1, 0.15) is 6.15 Å². The molecule has 0 spiro atoms. The molecule has 27 heteroatoms. The molecule has 1 heterocycles. The summed E-state index contributed by atoms with van der Waals surface area (Å²) in [5.74, 6) is 0. The minimum Gasteiger partial charge on any atom is -0.252 e. The molecule has 428 valence electrons. The molecule has 0 saturated carbocycles. The standard InChI is InChI=1S/C32H12BF24.C22H19N2/c34-25(35,36)13-1-14(26(37,38)39)6-21(5-13)33(22-7-15(27(40,41)42)2-16(8-22)28(43,44)45,23-9-17(29(46,47)48)3-18(10-23)30(49,50)51)24-11-19(31(52,53)54)4-20(12-24)32(55,56)57;1-2-6-18(7-3-1)17-24-13-12-23-16-22(24)15-19-10-11-20-8-4-5-9-21(20)14-19/h1-12H;1-14,16H,15,17H2/q-1;+1. The highest BCUT2D eigenvalue weighted by atomic mass is 19.4. The van der Waals surface area contributed by atoms with Gasteiger partial charge in [-0.15, -0.1) is 0 Å². The fourth-order valence-electron chi connectivity index (χ4n) is 9.13. The Bertz CT molecular complexity index is 3110. The lowest BCUT2D eigenvalue weighted by molar-refractivity contribution is -0.695. The number of rotatable bonds is 8. The van der Waals surface area contributed by atoms with Crippen molar-refractivity contribution >= 4 is 38.8 Å². The van der Waals surface area contributed by atoms with Gasteiger partial charge < -0.3 is 0 Å². The molecule has 0 bridgehead atoms. The molecule has 2 nitrogen and oxygen atoms in total. The Balaban J connectivity index is 0.000000323. The molecular weight excluding hydrogens is 1140 g/mol. The highest BCUT2D eigenvalue weighted by molar-refractivity contribution is 7.20. The first-order valence-electron chi connectivity index (χ1n) is 22.8. The maximum absolute atomic E-state index is 14.2. The van der Waals surface area contributed by atoms with Crippen molar-refractivity contribution < 1.29 is 110 Å². The predicted molar refractivity (Wildman–Crippen MR) is 247 cm³/mol. The van der Waals surface area contributed by atoms with Gasteiger partial charge in [-0.05, 0) is 40.6 Å². The van der Waals surface area contributed by atoms with Crippen LogP contribution in [0.3, 0.4) is 0 Å². The SMILES string of the molecule is FC(F)(F)c1cc([B-](c2cc(C(F)(F)F)cc(C(F)(F)F)c2)(c2cc(C(F)(F)F)cc(C(F)(F)F)c2)c2cc(C(F)(F)F)cc(C(F)(F)F)c2)cc(C(F)(F)F)c1.c1ccc(C[n+]2ccncc2Cc2ccc3ccccc3c2)cc1. The van der Waals surface area contributed by atoms with Gasteiger partial charge >= 0.3 is 49.4 Å². The van der Waals surface area contributed by atoms with Crippen LogP contribution >= 0.6 is 0 Å². The molecule has 1 aromatic heterocycles. The Morgan fingerprint density at radius 2 is 0.630 bits per heavy atom. The average molecular weight is 1170 g/mol. The van der Waals surface area contributed by atoms with Gasteiger partial charge in [0.05, 0.1) is 63.3 Å². The molecule has 0 saturated heterocycles. The van der Waals surface area contributed by atoms with Crippen LogP contribution in [0.1, 0.15) is 61.3 Å². The summed E-state index contributed by atoms with van der Waals surface area (Å²) in [7, 11) is 0. The zero-order chi connectivity index (χ0) is 60.1. The average Bonchev–Trinajstić information content (AvgIpc) is 3.57. The van der Waals surface area contributed by atoms with Gasteiger partial charge in [0.2, 0.25) is 5.69 Å². The first kappa shape index (κ1) is 60.9. The number of nitrogens with zero attached hydrogens (tertiary/aromatic N) is 2. The molecule has 0 N–H and O–H groups in total. The van der Waals surface area contributed by atoms with Crippen LogP contribution < -0.4 is 26.4 Å². The van der Waals surface area contributed by atoms with E-state index in [9.17, 15) is 105 Å². The predicted octanol–water partition coefficient (Wildman–Crippen LogP) is 15.4. The van der Waals surface area contributed by atoms with Crippen molar-refractivity contribution in [1.29, 1.82) is 0 Å². The third-order valence-electron chi connectivity index (χ3n) is 12.8. The summed E-state index contributed by atoms with van der Waals surface area (Å²) in [6.45, 7) is 0.867. The molecule has 8 rings (SSSR count). The van der Waals surface area contributed by atoms with Crippen molar-refractivity contribution in [2.75, 3.05) is 0 Å². The van der Waals surface area contributed by atoms with Crippen molar-refractivity contribution in [3.8, 4) is 0 Å². The number of halogens is 24. The smallest absolute Gasteiger partial charge is 0.252 e. The van der Waals surface area contributed by atoms with E-state index in [0.717, 1.165) is 13.0 Å². The summed E-state index contributed by atoms with van der Waals surface area (Å²) >= 11 is 0. The van der Waals surface area contributed by atoms with E-state index < -0.39 is 195 Å². The van der Waals surface area contributed by atoms with Crippen LogP contribution in [0.5, 0.6) is 0 Å². The third kappa shape index (κ3) is 14.1. The fourth-order valence-corrected chi connectivity index (χ4v) is 9.13. The third-order valence-corrected chi connectivity index (χ3v) is 12.8. The van der Waals surface area contributed by atoms with Gasteiger partial charge in [0, 0.05) is 5.56 Å². The van der Waals surface area contributed by atoms with Crippen LogP contribution in [0.2, 0.25) is 0 Å². The van der Waals surface area contributed by atoms with Crippen molar-refractivity contribution in [1.82, 2.24) is 4.98 Å². The van der Waals surface area contributed by atoms with Gasteiger partial charge in [-0.25, -0.2) is 0 Å². The summed E-state index contributed by atoms with van der Waals surface area (Å²) in [5.41, 5.74) is -26.4. The molecule has 0 fully saturated rings. The molecule has 0 amide bonds. The highest BCUT2D eigenvalue weighted by Gasteiger charge is 2.47. The monoisotopic (exact) mass is 1170 g/mol. The van der Waals surface area contributed by atoms with E-state index >= 15 is 0 Å². The molecule has 0 aliphatic carbocycles. The largest absolute Gasteiger partial charge is 0.416 e. The Labute approximate surface area is 440 Å².